The van der Waals surface area contributed by atoms with E-state index in [1.165, 1.54) is 11.3 Å². The first-order valence-electron chi connectivity index (χ1n) is 7.61. The number of thiophene rings is 1. The molecule has 0 aliphatic heterocycles. The molecule has 4 aromatic heterocycles. The quantitative estimate of drug-likeness (QED) is 0.557. The summed E-state index contributed by atoms with van der Waals surface area (Å²) in [4.78, 5) is 17.2. The molecule has 0 bridgehead atoms. The van der Waals surface area contributed by atoms with Gasteiger partial charge in [-0.15, -0.1) is 10.2 Å². The Morgan fingerprint density at radius 2 is 2.32 bits per heavy atom. The van der Waals surface area contributed by atoms with Crippen molar-refractivity contribution in [3.63, 3.8) is 0 Å². The zero-order valence-electron chi connectivity index (χ0n) is 13.3. The number of fused-ring (bicyclic) bond motifs is 1. The highest BCUT2D eigenvalue weighted by molar-refractivity contribution is 7.16. The third-order valence-corrected chi connectivity index (χ3v) is 4.98. The average Bonchev–Trinajstić information content (AvgIpc) is 3.33. The molecule has 4 heterocycles. The topological polar surface area (TPSA) is 98.2 Å². The number of carbonyl (C=O) groups excluding carboxylic acids is 1. The second kappa shape index (κ2) is 6.73. The molecule has 10 heteroatoms. The average molecular weight is 374 g/mol. The van der Waals surface area contributed by atoms with Gasteiger partial charge in [-0.3, -0.25) is 4.79 Å². The fraction of sp³-hybridized carbons (Fsp3) is 0.267. The molecule has 0 saturated heterocycles. The first kappa shape index (κ1) is 15.9. The van der Waals surface area contributed by atoms with Gasteiger partial charge >= 0.3 is 0 Å². The van der Waals surface area contributed by atoms with Crippen LogP contribution in [0.1, 0.15) is 23.0 Å². The van der Waals surface area contributed by atoms with E-state index in [0.29, 0.717) is 24.7 Å². The van der Waals surface area contributed by atoms with E-state index < -0.39 is 0 Å². The van der Waals surface area contributed by atoms with Crippen LogP contribution in [0.4, 0.5) is 0 Å². The molecule has 4 rings (SSSR count). The molecule has 0 aromatic carbocycles. The molecule has 8 nitrogen and oxygen atoms in total. The summed E-state index contributed by atoms with van der Waals surface area (Å²) < 4.78 is 7.29. The Bertz CT molecular complexity index is 969. The lowest BCUT2D eigenvalue weighted by molar-refractivity contribution is -0.121. The van der Waals surface area contributed by atoms with Crippen LogP contribution in [0.3, 0.4) is 0 Å². The molecular formula is C15H14N6O2S2. The summed E-state index contributed by atoms with van der Waals surface area (Å²) in [7, 11) is 0. The first-order chi connectivity index (χ1) is 12.2. The van der Waals surface area contributed by atoms with Crippen molar-refractivity contribution in [1.82, 2.24) is 30.1 Å². The highest BCUT2D eigenvalue weighted by Crippen LogP contribution is 2.20. The molecule has 0 aliphatic carbocycles. The molecule has 128 valence electrons. The van der Waals surface area contributed by atoms with E-state index in [1.54, 1.807) is 15.9 Å². The highest BCUT2D eigenvalue weighted by atomic mass is 32.1. The molecule has 0 saturated carbocycles. The van der Waals surface area contributed by atoms with E-state index in [1.807, 2.05) is 29.9 Å². The van der Waals surface area contributed by atoms with Crippen molar-refractivity contribution >= 4 is 33.5 Å². The zero-order valence-corrected chi connectivity index (χ0v) is 14.9. The van der Waals surface area contributed by atoms with E-state index in [-0.39, 0.29) is 12.3 Å². The fourth-order valence-electron chi connectivity index (χ4n) is 2.29. The number of imidazole rings is 1. The SMILES string of the molecule is Cc1nn2cc(CNC(=O)CCc3nnc(-c4ccsc4)o3)nc2s1. The number of nitrogens with zero attached hydrogens (tertiary/aromatic N) is 5. The first-order valence-corrected chi connectivity index (χ1v) is 9.36. The van der Waals surface area contributed by atoms with Crippen LogP contribution in [-0.4, -0.2) is 30.7 Å². The molecule has 0 atom stereocenters. The van der Waals surface area contributed by atoms with Crippen LogP contribution < -0.4 is 5.32 Å². The largest absolute Gasteiger partial charge is 0.421 e. The van der Waals surface area contributed by atoms with Crippen LogP contribution in [-0.2, 0) is 17.8 Å². The zero-order chi connectivity index (χ0) is 17.2. The summed E-state index contributed by atoms with van der Waals surface area (Å²) in [5.41, 5.74) is 1.68. The number of amides is 1. The summed E-state index contributed by atoms with van der Waals surface area (Å²) in [6.07, 6.45) is 2.51. The van der Waals surface area contributed by atoms with Gasteiger partial charge in [-0.25, -0.2) is 9.50 Å². The van der Waals surface area contributed by atoms with Crippen LogP contribution in [0.25, 0.3) is 16.4 Å². The summed E-state index contributed by atoms with van der Waals surface area (Å²) >= 11 is 3.08. The minimum atomic E-state index is -0.0872. The minimum Gasteiger partial charge on any atom is -0.421 e. The van der Waals surface area contributed by atoms with E-state index >= 15 is 0 Å². The van der Waals surface area contributed by atoms with Gasteiger partial charge in [-0.2, -0.15) is 16.4 Å². The summed E-state index contributed by atoms with van der Waals surface area (Å²) in [5.74, 6) is 0.854. The van der Waals surface area contributed by atoms with Crippen molar-refractivity contribution in [3.05, 3.63) is 39.6 Å². The van der Waals surface area contributed by atoms with Gasteiger partial charge in [0.1, 0.15) is 5.01 Å². The maximum absolute atomic E-state index is 12.0. The van der Waals surface area contributed by atoms with Crippen molar-refractivity contribution in [2.45, 2.75) is 26.3 Å². The van der Waals surface area contributed by atoms with Gasteiger partial charge in [0.15, 0.2) is 0 Å². The van der Waals surface area contributed by atoms with Gasteiger partial charge in [-0.05, 0) is 18.4 Å². The van der Waals surface area contributed by atoms with Crippen molar-refractivity contribution in [2.75, 3.05) is 0 Å². The monoisotopic (exact) mass is 374 g/mol. The number of hydrogen-bond donors (Lipinski definition) is 1. The van der Waals surface area contributed by atoms with E-state index in [4.69, 9.17) is 4.42 Å². The molecule has 0 radical (unpaired) electrons. The van der Waals surface area contributed by atoms with E-state index in [2.05, 4.69) is 25.6 Å². The number of carbonyl (C=O) groups is 1. The van der Waals surface area contributed by atoms with Crippen LogP contribution in [0, 0.1) is 6.92 Å². The Morgan fingerprint density at radius 1 is 1.40 bits per heavy atom. The number of hydrogen-bond acceptors (Lipinski definition) is 8. The molecular weight excluding hydrogens is 360 g/mol. The Balaban J connectivity index is 1.28. The number of rotatable bonds is 6. The fourth-order valence-corrected chi connectivity index (χ4v) is 3.66. The summed E-state index contributed by atoms with van der Waals surface area (Å²) in [6, 6.07) is 1.92. The number of nitrogens with one attached hydrogen (secondary N) is 1. The lowest BCUT2D eigenvalue weighted by Crippen LogP contribution is -2.23. The minimum absolute atomic E-state index is 0.0872. The maximum Gasteiger partial charge on any atom is 0.248 e. The van der Waals surface area contributed by atoms with Gasteiger partial charge in [0.05, 0.1) is 18.4 Å². The molecule has 1 amide bonds. The summed E-state index contributed by atoms with van der Waals surface area (Å²) in [6.45, 7) is 2.31. The Kier molecular flexibility index (Phi) is 4.28. The van der Waals surface area contributed by atoms with E-state index in [0.717, 1.165) is 21.2 Å². The van der Waals surface area contributed by atoms with Gasteiger partial charge in [0.25, 0.3) is 0 Å². The van der Waals surface area contributed by atoms with Crippen LogP contribution in [0.5, 0.6) is 0 Å². The maximum atomic E-state index is 12.0. The third-order valence-electron chi connectivity index (χ3n) is 3.46. The summed E-state index contributed by atoms with van der Waals surface area (Å²) in [5, 5.41) is 20.0. The molecule has 4 aromatic rings. The Hall–Kier alpha value is -2.59. The second-order valence-corrected chi connectivity index (χ2v) is 7.31. The Morgan fingerprint density at radius 3 is 3.12 bits per heavy atom. The van der Waals surface area contributed by atoms with Crippen LogP contribution in [0.15, 0.2) is 27.4 Å². The molecule has 0 spiro atoms. The molecule has 0 aliphatic rings. The molecule has 0 fully saturated rings. The lowest BCUT2D eigenvalue weighted by atomic mass is 10.3. The van der Waals surface area contributed by atoms with Crippen molar-refractivity contribution in [3.8, 4) is 11.5 Å². The predicted octanol–water partition coefficient (Wildman–Crippen LogP) is 2.46. The lowest BCUT2D eigenvalue weighted by Gasteiger charge is -2.01. The van der Waals surface area contributed by atoms with Crippen LogP contribution >= 0.6 is 22.7 Å². The molecule has 1 N–H and O–H groups in total. The van der Waals surface area contributed by atoms with Gasteiger partial charge in [-0.1, -0.05) is 11.3 Å². The van der Waals surface area contributed by atoms with Crippen molar-refractivity contribution in [1.29, 1.82) is 0 Å². The number of aryl methyl sites for hydroxylation is 2. The predicted molar refractivity (Wildman–Crippen MR) is 93.4 cm³/mol. The standard InChI is InChI=1S/C15H14N6O2S2/c1-9-20-21-7-11(17-15(21)25-9)6-16-12(22)2-3-13-18-19-14(23-13)10-4-5-24-8-10/h4-5,7-8H,2-3,6H2,1H3,(H,16,22). The normalized spacial score (nSPS) is 11.2. The van der Waals surface area contributed by atoms with E-state index in [9.17, 15) is 4.79 Å². The van der Waals surface area contributed by atoms with Crippen LogP contribution in [0.2, 0.25) is 0 Å². The molecule has 0 unspecified atom stereocenters. The van der Waals surface area contributed by atoms with Crippen molar-refractivity contribution in [2.24, 2.45) is 0 Å². The van der Waals surface area contributed by atoms with Gasteiger partial charge in [0, 0.05) is 23.8 Å². The van der Waals surface area contributed by atoms with Gasteiger partial charge in [0.2, 0.25) is 22.6 Å². The highest BCUT2D eigenvalue weighted by Gasteiger charge is 2.12. The second-order valence-electron chi connectivity index (χ2n) is 5.37. The molecule has 25 heavy (non-hydrogen) atoms. The Labute approximate surface area is 150 Å². The third kappa shape index (κ3) is 3.59. The smallest absolute Gasteiger partial charge is 0.248 e. The number of aromatic nitrogens is 5. The van der Waals surface area contributed by atoms with Gasteiger partial charge < -0.3 is 9.73 Å². The van der Waals surface area contributed by atoms with Crippen molar-refractivity contribution < 1.29 is 9.21 Å².